The van der Waals surface area contributed by atoms with Crippen molar-refractivity contribution >= 4 is 56.5 Å². The number of methoxy groups -OCH3 is 1. The molecule has 0 atom stereocenters. The largest absolute Gasteiger partial charge is 0.495 e. The molecule has 5 nitrogen and oxygen atoms in total. The Morgan fingerprint density at radius 2 is 2.05 bits per heavy atom. The van der Waals surface area contributed by atoms with Crippen molar-refractivity contribution in [3.63, 3.8) is 0 Å². The van der Waals surface area contributed by atoms with Gasteiger partial charge in [0.2, 0.25) is 0 Å². The molecule has 106 valence electrons. The minimum atomic E-state index is -1.13. The summed E-state index contributed by atoms with van der Waals surface area (Å²) in [4.78, 5) is 22.6. The Morgan fingerprint density at radius 1 is 1.35 bits per heavy atom. The number of hydrogen-bond acceptors (Lipinski definition) is 4. The molecule has 0 saturated heterocycles. The Balaban J connectivity index is 2.45. The van der Waals surface area contributed by atoms with Crippen molar-refractivity contribution in [3.8, 4) is 5.75 Å². The summed E-state index contributed by atoms with van der Waals surface area (Å²) in [7, 11) is 1.49. The number of nitrogens with one attached hydrogen (secondary N) is 1. The van der Waals surface area contributed by atoms with Crippen LogP contribution < -0.4 is 10.1 Å². The molecule has 1 aromatic heterocycles. The first-order valence-corrected chi connectivity index (χ1v) is 6.97. The lowest BCUT2D eigenvalue weighted by atomic mass is 10.2. The monoisotopic (exact) mass is 333 g/mol. The molecular formula is C12H9Cl2NO4S. The summed E-state index contributed by atoms with van der Waals surface area (Å²) in [6.45, 7) is -0.472. The second kappa shape index (κ2) is 5.87. The van der Waals surface area contributed by atoms with Crippen LogP contribution in [0.4, 0.5) is 0 Å². The number of rotatable bonds is 4. The number of ether oxygens (including phenoxy) is 1. The molecule has 1 amide bonds. The van der Waals surface area contributed by atoms with Gasteiger partial charge in [-0.1, -0.05) is 23.2 Å². The van der Waals surface area contributed by atoms with Gasteiger partial charge < -0.3 is 15.2 Å². The average molecular weight is 334 g/mol. The van der Waals surface area contributed by atoms with Crippen molar-refractivity contribution in [2.45, 2.75) is 0 Å². The molecule has 2 N–H and O–H groups in total. The third kappa shape index (κ3) is 2.67. The topological polar surface area (TPSA) is 75.6 Å². The number of amides is 1. The second-order valence-corrected chi connectivity index (χ2v) is 5.56. The molecule has 0 radical (unpaired) electrons. The first-order valence-electron chi connectivity index (χ1n) is 5.40. The van der Waals surface area contributed by atoms with Crippen molar-refractivity contribution in [2.24, 2.45) is 0 Å². The van der Waals surface area contributed by atoms with Gasteiger partial charge in [0.05, 0.1) is 16.8 Å². The first-order chi connectivity index (χ1) is 9.45. The van der Waals surface area contributed by atoms with Gasteiger partial charge >= 0.3 is 5.97 Å². The van der Waals surface area contributed by atoms with Crippen molar-refractivity contribution in [2.75, 3.05) is 13.7 Å². The SMILES string of the molecule is COc1ccc2c(Cl)c(C(=O)NCC(=O)O)sc2c1Cl. The van der Waals surface area contributed by atoms with E-state index < -0.39 is 18.4 Å². The molecule has 20 heavy (non-hydrogen) atoms. The summed E-state index contributed by atoms with van der Waals surface area (Å²) in [6.07, 6.45) is 0. The van der Waals surface area contributed by atoms with Crippen LogP contribution in [0.2, 0.25) is 10.0 Å². The minimum absolute atomic E-state index is 0.220. The molecule has 0 spiro atoms. The van der Waals surface area contributed by atoms with E-state index in [9.17, 15) is 9.59 Å². The Bertz CT molecular complexity index is 698. The second-order valence-electron chi connectivity index (χ2n) is 3.78. The van der Waals surface area contributed by atoms with Crippen molar-refractivity contribution in [1.29, 1.82) is 0 Å². The number of halogens is 2. The number of benzene rings is 1. The molecule has 0 fully saturated rings. The molecule has 2 aromatic rings. The maximum absolute atomic E-state index is 11.9. The van der Waals surface area contributed by atoms with Crippen LogP contribution in [0, 0.1) is 0 Å². The van der Waals surface area contributed by atoms with Gasteiger partial charge in [-0.25, -0.2) is 0 Å². The predicted molar refractivity (Wildman–Crippen MR) is 78.4 cm³/mol. The minimum Gasteiger partial charge on any atom is -0.495 e. The molecule has 0 aliphatic carbocycles. The summed E-state index contributed by atoms with van der Waals surface area (Å²) in [6, 6.07) is 3.36. The normalized spacial score (nSPS) is 10.6. The van der Waals surface area contributed by atoms with E-state index in [1.54, 1.807) is 12.1 Å². The highest BCUT2D eigenvalue weighted by atomic mass is 35.5. The van der Waals surface area contributed by atoms with Crippen LogP contribution in [0.5, 0.6) is 5.75 Å². The number of carboxylic acid groups (broad SMARTS) is 1. The van der Waals surface area contributed by atoms with Crippen LogP contribution in [0.25, 0.3) is 10.1 Å². The summed E-state index contributed by atoms with van der Waals surface area (Å²) in [5.41, 5.74) is 0. The van der Waals surface area contributed by atoms with E-state index in [2.05, 4.69) is 5.32 Å². The first kappa shape index (κ1) is 14.9. The zero-order chi connectivity index (χ0) is 14.9. The Labute approximate surface area is 128 Å². The number of carboxylic acids is 1. The van der Waals surface area contributed by atoms with Crippen LogP contribution in [-0.2, 0) is 4.79 Å². The molecule has 2 rings (SSSR count). The van der Waals surface area contributed by atoms with Crippen LogP contribution >= 0.6 is 34.5 Å². The highest BCUT2D eigenvalue weighted by Gasteiger charge is 2.20. The number of carbonyl (C=O) groups excluding carboxylic acids is 1. The molecule has 8 heteroatoms. The third-order valence-corrected chi connectivity index (χ3v) is 4.74. The van der Waals surface area contributed by atoms with Gasteiger partial charge in [0.25, 0.3) is 5.91 Å². The van der Waals surface area contributed by atoms with Crippen molar-refractivity contribution in [1.82, 2.24) is 5.32 Å². The maximum Gasteiger partial charge on any atom is 0.322 e. The summed E-state index contributed by atoms with van der Waals surface area (Å²) >= 11 is 13.4. The van der Waals surface area contributed by atoms with Crippen LogP contribution in [0.15, 0.2) is 12.1 Å². The van der Waals surface area contributed by atoms with Crippen LogP contribution in [0.3, 0.4) is 0 Å². The number of aliphatic carboxylic acids is 1. The van der Waals surface area contributed by atoms with Crippen molar-refractivity contribution in [3.05, 3.63) is 27.1 Å². The lowest BCUT2D eigenvalue weighted by Gasteiger charge is -2.02. The Morgan fingerprint density at radius 3 is 2.65 bits per heavy atom. The molecule has 0 aliphatic rings. The smallest absolute Gasteiger partial charge is 0.322 e. The quantitative estimate of drug-likeness (QED) is 0.901. The highest BCUT2D eigenvalue weighted by Crippen LogP contribution is 2.42. The van der Waals surface area contributed by atoms with Crippen molar-refractivity contribution < 1.29 is 19.4 Å². The van der Waals surface area contributed by atoms with Gasteiger partial charge in [-0.3, -0.25) is 9.59 Å². The molecular weight excluding hydrogens is 325 g/mol. The number of fused-ring (bicyclic) bond motifs is 1. The zero-order valence-corrected chi connectivity index (χ0v) is 12.5. The Hall–Kier alpha value is -1.50. The fourth-order valence-corrected chi connectivity index (χ4v) is 3.43. The standard InChI is InChI=1S/C12H9Cl2NO4S/c1-19-6-3-2-5-8(13)11(20-10(5)9(6)14)12(18)15-4-7(16)17/h2-3H,4H2,1H3,(H,15,18)(H,16,17). The van der Waals surface area contributed by atoms with Gasteiger partial charge in [0, 0.05) is 5.39 Å². The summed E-state index contributed by atoms with van der Waals surface area (Å²) < 4.78 is 5.72. The fourth-order valence-electron chi connectivity index (χ4n) is 1.62. The van der Waals surface area contributed by atoms with E-state index in [0.29, 0.717) is 20.9 Å². The fraction of sp³-hybridized carbons (Fsp3) is 0.167. The van der Waals surface area contributed by atoms with Gasteiger partial charge in [-0.15, -0.1) is 11.3 Å². The highest BCUT2D eigenvalue weighted by molar-refractivity contribution is 7.22. The lowest BCUT2D eigenvalue weighted by molar-refractivity contribution is -0.135. The van der Waals surface area contributed by atoms with E-state index in [1.807, 2.05) is 0 Å². The Kier molecular flexibility index (Phi) is 4.37. The molecule has 0 unspecified atom stereocenters. The zero-order valence-electron chi connectivity index (χ0n) is 10.2. The number of hydrogen-bond donors (Lipinski definition) is 2. The molecule has 1 aromatic carbocycles. The van der Waals surface area contributed by atoms with E-state index >= 15 is 0 Å². The van der Waals surface area contributed by atoms with Gasteiger partial charge in [-0.2, -0.15) is 0 Å². The van der Waals surface area contributed by atoms with Gasteiger partial charge in [0.15, 0.2) is 0 Å². The predicted octanol–water partition coefficient (Wildman–Crippen LogP) is 3.03. The maximum atomic E-state index is 11.9. The number of carbonyl (C=O) groups is 2. The van der Waals surface area contributed by atoms with Crippen LogP contribution in [-0.4, -0.2) is 30.6 Å². The summed E-state index contributed by atoms with van der Waals surface area (Å²) in [5.74, 6) is -1.20. The van der Waals surface area contributed by atoms with Gasteiger partial charge in [-0.05, 0) is 12.1 Å². The lowest BCUT2D eigenvalue weighted by Crippen LogP contribution is -2.28. The summed E-state index contributed by atoms with van der Waals surface area (Å²) in [5, 5.41) is 12.1. The molecule has 0 aliphatic heterocycles. The van der Waals surface area contributed by atoms with E-state index in [0.717, 1.165) is 11.3 Å². The third-order valence-electron chi connectivity index (χ3n) is 2.53. The van der Waals surface area contributed by atoms with Gasteiger partial charge in [0.1, 0.15) is 22.2 Å². The van der Waals surface area contributed by atoms with E-state index in [-0.39, 0.29) is 9.90 Å². The van der Waals surface area contributed by atoms with E-state index in [1.165, 1.54) is 7.11 Å². The molecule has 1 heterocycles. The number of thiophene rings is 1. The van der Waals surface area contributed by atoms with Crippen LogP contribution in [0.1, 0.15) is 9.67 Å². The molecule has 0 saturated carbocycles. The molecule has 0 bridgehead atoms. The van der Waals surface area contributed by atoms with E-state index in [4.69, 9.17) is 33.0 Å². The average Bonchev–Trinajstić information content (AvgIpc) is 2.75.